The quantitative estimate of drug-likeness (QED) is 0.384. The van der Waals surface area contributed by atoms with Crippen LogP contribution < -0.4 is 5.32 Å². The number of benzene rings is 2. The normalized spacial score (nSPS) is 15.7. The van der Waals surface area contributed by atoms with E-state index in [0.29, 0.717) is 5.11 Å². The predicted molar refractivity (Wildman–Crippen MR) is 118 cm³/mol. The highest BCUT2D eigenvalue weighted by Crippen LogP contribution is 2.34. The number of anilines is 1. The van der Waals surface area contributed by atoms with E-state index in [-0.39, 0.29) is 16.7 Å². The summed E-state index contributed by atoms with van der Waals surface area (Å²) >= 11 is 5.79. The summed E-state index contributed by atoms with van der Waals surface area (Å²) in [4.78, 5) is 12.8. The summed E-state index contributed by atoms with van der Waals surface area (Å²) in [6.07, 6.45) is 2.06. The number of nitro benzene ring substituents is 1. The number of nitrogens with zero attached hydrogens (tertiary/aromatic N) is 3. The Balaban J connectivity index is 1.67. The molecule has 1 aliphatic heterocycles. The van der Waals surface area contributed by atoms with Crippen LogP contribution in [0.5, 0.6) is 0 Å². The van der Waals surface area contributed by atoms with Crippen molar-refractivity contribution in [3.8, 4) is 0 Å². The van der Waals surface area contributed by atoms with E-state index in [4.69, 9.17) is 12.2 Å². The maximum atomic E-state index is 11.0. The van der Waals surface area contributed by atoms with Crippen LogP contribution in [0.1, 0.15) is 28.4 Å². The molecule has 7 heteroatoms. The number of rotatable bonds is 3. The summed E-state index contributed by atoms with van der Waals surface area (Å²) in [5, 5.41) is 15.1. The Morgan fingerprint density at radius 1 is 1.10 bits per heavy atom. The van der Waals surface area contributed by atoms with Gasteiger partial charge in [-0.15, -0.1) is 0 Å². The molecule has 148 valence electrons. The molecule has 0 spiro atoms. The van der Waals surface area contributed by atoms with Crippen LogP contribution in [-0.2, 0) is 6.54 Å². The minimum atomic E-state index is -0.378. The second kappa shape index (κ2) is 7.67. The van der Waals surface area contributed by atoms with Gasteiger partial charge in [-0.1, -0.05) is 6.07 Å². The van der Waals surface area contributed by atoms with E-state index in [0.717, 1.165) is 30.0 Å². The van der Waals surface area contributed by atoms with Gasteiger partial charge < -0.3 is 14.8 Å². The number of hydrogen-bond acceptors (Lipinski definition) is 3. The van der Waals surface area contributed by atoms with Crippen molar-refractivity contribution in [2.24, 2.45) is 0 Å². The van der Waals surface area contributed by atoms with Gasteiger partial charge in [0.2, 0.25) is 0 Å². The van der Waals surface area contributed by atoms with Crippen molar-refractivity contribution in [3.63, 3.8) is 0 Å². The number of aromatic nitrogens is 1. The van der Waals surface area contributed by atoms with Crippen LogP contribution in [0, 0.1) is 24.0 Å². The Hall–Kier alpha value is -3.19. The first-order valence-electron chi connectivity index (χ1n) is 9.48. The highest BCUT2D eigenvalue weighted by molar-refractivity contribution is 7.80. The number of hydrogen-bond donors (Lipinski definition) is 1. The third-order valence-electron chi connectivity index (χ3n) is 5.19. The molecule has 4 rings (SSSR count). The van der Waals surface area contributed by atoms with E-state index in [2.05, 4.69) is 59.1 Å². The maximum Gasteiger partial charge on any atom is 0.269 e. The third-order valence-corrected chi connectivity index (χ3v) is 5.53. The molecule has 2 heterocycles. The number of thiocarbonyl (C=S) groups is 1. The monoisotopic (exact) mass is 406 g/mol. The van der Waals surface area contributed by atoms with Gasteiger partial charge in [-0.2, -0.15) is 0 Å². The highest BCUT2D eigenvalue weighted by Gasteiger charge is 2.30. The number of aryl methyl sites for hydroxylation is 2. The summed E-state index contributed by atoms with van der Waals surface area (Å²) < 4.78 is 2.21. The standard InChI is InChI=1S/C22H22N4O2S/c1-15-12-16(2)14-18(13-15)23-22(29)25-11-10-24-9-3-4-20(24)21(25)17-5-7-19(8-6-17)26(27)28/h3-9,12-14,21H,10-11H2,1-2H3,(H,23,29). The lowest BCUT2D eigenvalue weighted by molar-refractivity contribution is -0.384. The van der Waals surface area contributed by atoms with Gasteiger partial charge in [0.05, 0.1) is 11.0 Å². The van der Waals surface area contributed by atoms with Gasteiger partial charge in [0.25, 0.3) is 5.69 Å². The van der Waals surface area contributed by atoms with E-state index in [1.807, 2.05) is 18.2 Å². The second-order valence-corrected chi connectivity index (χ2v) is 7.76. The molecule has 0 amide bonds. The molecule has 6 nitrogen and oxygen atoms in total. The molecule has 2 aromatic carbocycles. The van der Waals surface area contributed by atoms with Crippen LogP contribution in [0.15, 0.2) is 60.8 Å². The summed E-state index contributed by atoms with van der Waals surface area (Å²) in [5.41, 5.74) is 5.50. The van der Waals surface area contributed by atoms with Crippen LogP contribution in [0.4, 0.5) is 11.4 Å². The van der Waals surface area contributed by atoms with Crippen LogP contribution in [0.2, 0.25) is 0 Å². The molecule has 29 heavy (non-hydrogen) atoms. The van der Waals surface area contributed by atoms with Crippen molar-refractivity contribution >= 4 is 28.7 Å². The number of nitrogens with one attached hydrogen (secondary N) is 1. The molecule has 1 unspecified atom stereocenters. The SMILES string of the molecule is Cc1cc(C)cc(NC(=S)N2CCn3cccc3C2c2ccc([N+](=O)[O-])cc2)c1. The lowest BCUT2D eigenvalue weighted by atomic mass is 10.00. The Kier molecular flexibility index (Phi) is 5.07. The predicted octanol–water partition coefficient (Wildman–Crippen LogP) is 4.82. The first-order valence-corrected chi connectivity index (χ1v) is 9.88. The summed E-state index contributed by atoms with van der Waals surface area (Å²) in [6, 6.07) is 17.0. The lowest BCUT2D eigenvalue weighted by Gasteiger charge is -2.39. The average molecular weight is 407 g/mol. The molecular weight excluding hydrogens is 384 g/mol. The van der Waals surface area contributed by atoms with Crippen molar-refractivity contribution < 1.29 is 4.92 Å². The van der Waals surface area contributed by atoms with Crippen molar-refractivity contribution in [1.29, 1.82) is 0 Å². The lowest BCUT2D eigenvalue weighted by Crippen LogP contribution is -2.44. The zero-order chi connectivity index (χ0) is 20.5. The first-order chi connectivity index (χ1) is 13.9. The van der Waals surface area contributed by atoms with Crippen LogP contribution in [-0.4, -0.2) is 26.0 Å². The number of nitro groups is 1. The van der Waals surface area contributed by atoms with Crippen LogP contribution in [0.25, 0.3) is 0 Å². The zero-order valence-corrected chi connectivity index (χ0v) is 17.1. The van der Waals surface area contributed by atoms with Crippen LogP contribution in [0.3, 0.4) is 0 Å². The largest absolute Gasteiger partial charge is 0.348 e. The van der Waals surface area contributed by atoms with Gasteiger partial charge in [0, 0.05) is 42.8 Å². The van der Waals surface area contributed by atoms with E-state index in [1.54, 1.807) is 12.1 Å². The van der Waals surface area contributed by atoms with Gasteiger partial charge in [-0.3, -0.25) is 10.1 Å². The van der Waals surface area contributed by atoms with E-state index < -0.39 is 0 Å². The van der Waals surface area contributed by atoms with Gasteiger partial charge in [-0.25, -0.2) is 0 Å². The number of fused-ring (bicyclic) bond motifs is 1. The topological polar surface area (TPSA) is 63.3 Å². The molecule has 0 saturated carbocycles. The van der Waals surface area contributed by atoms with Gasteiger partial charge >= 0.3 is 0 Å². The van der Waals surface area contributed by atoms with E-state index >= 15 is 0 Å². The summed E-state index contributed by atoms with van der Waals surface area (Å²) in [5.74, 6) is 0. The molecule has 1 aliphatic rings. The average Bonchev–Trinajstić information content (AvgIpc) is 3.15. The van der Waals surface area contributed by atoms with E-state index in [1.165, 1.54) is 11.1 Å². The Morgan fingerprint density at radius 2 is 1.79 bits per heavy atom. The second-order valence-electron chi connectivity index (χ2n) is 7.38. The maximum absolute atomic E-state index is 11.0. The number of non-ortho nitro benzene ring substituents is 1. The highest BCUT2D eigenvalue weighted by atomic mass is 32.1. The molecule has 1 atom stereocenters. The molecule has 0 fully saturated rings. The minimum Gasteiger partial charge on any atom is -0.348 e. The van der Waals surface area contributed by atoms with Crippen LogP contribution >= 0.6 is 12.2 Å². The summed E-state index contributed by atoms with van der Waals surface area (Å²) in [7, 11) is 0. The molecule has 0 radical (unpaired) electrons. The molecule has 1 N–H and O–H groups in total. The smallest absolute Gasteiger partial charge is 0.269 e. The van der Waals surface area contributed by atoms with Gasteiger partial charge in [0.1, 0.15) is 0 Å². The van der Waals surface area contributed by atoms with E-state index in [9.17, 15) is 10.1 Å². The van der Waals surface area contributed by atoms with Crippen molar-refractivity contribution in [2.45, 2.75) is 26.4 Å². The Labute approximate surface area is 174 Å². The van der Waals surface area contributed by atoms with Crippen molar-refractivity contribution in [2.75, 3.05) is 11.9 Å². The first kappa shape index (κ1) is 19.1. The zero-order valence-electron chi connectivity index (χ0n) is 16.3. The fraction of sp³-hybridized carbons (Fsp3) is 0.227. The molecule has 0 aliphatic carbocycles. The van der Waals surface area contributed by atoms with Gasteiger partial charge in [-0.05, 0) is 79.2 Å². The molecule has 0 bridgehead atoms. The Morgan fingerprint density at radius 3 is 2.45 bits per heavy atom. The fourth-order valence-electron chi connectivity index (χ4n) is 3.97. The van der Waals surface area contributed by atoms with Gasteiger partial charge in [0.15, 0.2) is 5.11 Å². The summed E-state index contributed by atoms with van der Waals surface area (Å²) in [6.45, 7) is 5.71. The molecule has 3 aromatic rings. The minimum absolute atomic E-state index is 0.0856. The molecule has 1 aromatic heterocycles. The molecular formula is C22H22N4O2S. The Bertz CT molecular complexity index is 1050. The van der Waals surface area contributed by atoms with Crippen molar-refractivity contribution in [3.05, 3.63) is 93.3 Å². The third kappa shape index (κ3) is 3.86. The van der Waals surface area contributed by atoms with Crippen molar-refractivity contribution in [1.82, 2.24) is 9.47 Å². The fourth-order valence-corrected chi connectivity index (χ4v) is 4.29. The molecule has 0 saturated heterocycles.